The minimum atomic E-state index is -3.61. The molecule has 5 rings (SSSR count). The molecule has 0 radical (unpaired) electrons. The van der Waals surface area contributed by atoms with Gasteiger partial charge >= 0.3 is 0 Å². The van der Waals surface area contributed by atoms with Gasteiger partial charge in [-0.25, -0.2) is 28.1 Å². The first kappa shape index (κ1) is 34.5. The number of rotatable bonds is 16. The van der Waals surface area contributed by atoms with Crippen LogP contribution in [0.1, 0.15) is 65.5 Å². The molecule has 47 heavy (non-hydrogen) atoms. The zero-order valence-electron chi connectivity index (χ0n) is 28.1. The molecule has 1 saturated heterocycles. The van der Waals surface area contributed by atoms with Crippen LogP contribution in [0.2, 0.25) is 0 Å². The van der Waals surface area contributed by atoms with Crippen LogP contribution in [0.15, 0.2) is 53.9 Å². The van der Waals surface area contributed by atoms with E-state index in [1.807, 2.05) is 61.7 Å². The second-order valence-corrected chi connectivity index (χ2v) is 14.3. The van der Waals surface area contributed by atoms with E-state index in [1.165, 1.54) is 6.33 Å². The molecule has 0 saturated carbocycles. The Bertz CT molecular complexity index is 1780. The van der Waals surface area contributed by atoms with Crippen LogP contribution >= 0.6 is 0 Å². The minimum absolute atomic E-state index is 0.0552. The third-order valence-electron chi connectivity index (χ3n) is 9.10. The summed E-state index contributed by atoms with van der Waals surface area (Å²) in [5.41, 5.74) is 2.35. The normalized spacial score (nSPS) is 19.8. The van der Waals surface area contributed by atoms with Crippen molar-refractivity contribution in [3.8, 4) is 0 Å². The number of nitrogens with zero attached hydrogens (tertiary/aromatic N) is 5. The van der Waals surface area contributed by atoms with Crippen molar-refractivity contribution in [3.63, 3.8) is 0 Å². The molecule has 0 spiro atoms. The summed E-state index contributed by atoms with van der Waals surface area (Å²) in [6, 6.07) is 11.2. The summed E-state index contributed by atoms with van der Waals surface area (Å²) in [5.74, 6) is 0.757. The van der Waals surface area contributed by atoms with Crippen LogP contribution in [0.5, 0.6) is 0 Å². The highest BCUT2D eigenvalue weighted by Gasteiger charge is 2.44. The highest BCUT2D eigenvalue weighted by Crippen LogP contribution is 2.40. The number of unbranched alkanes of at least 4 members (excludes halogenated alkanes) is 5. The fraction of sp³-hybridized carbons (Fsp3) is 0.529. The number of aromatic nitrogens is 4. The summed E-state index contributed by atoms with van der Waals surface area (Å²) in [5, 5.41) is 7.93. The first-order valence-corrected chi connectivity index (χ1v) is 18.2. The van der Waals surface area contributed by atoms with Crippen LogP contribution in [0.3, 0.4) is 0 Å². The molecule has 0 aliphatic carbocycles. The molecule has 254 valence electrons. The zero-order chi connectivity index (χ0) is 33.6. The van der Waals surface area contributed by atoms with Gasteiger partial charge < -0.3 is 20.3 Å². The van der Waals surface area contributed by atoms with E-state index in [2.05, 4.69) is 37.2 Å². The van der Waals surface area contributed by atoms with E-state index in [4.69, 9.17) is 4.74 Å². The van der Waals surface area contributed by atoms with Crippen LogP contribution in [-0.2, 0) is 19.6 Å². The third-order valence-corrected chi connectivity index (χ3v) is 10.6. The van der Waals surface area contributed by atoms with Gasteiger partial charge in [0.1, 0.15) is 18.7 Å². The molecule has 13 heteroatoms. The van der Waals surface area contributed by atoms with E-state index >= 15 is 0 Å². The largest absolute Gasteiger partial charge is 0.377 e. The summed E-state index contributed by atoms with van der Waals surface area (Å²) in [6.45, 7) is 7.77. The van der Waals surface area contributed by atoms with E-state index in [0.717, 1.165) is 61.5 Å². The molecule has 2 aromatic heterocycles. The minimum Gasteiger partial charge on any atom is -0.377 e. The summed E-state index contributed by atoms with van der Waals surface area (Å²) in [4.78, 5) is 28.3. The van der Waals surface area contributed by atoms with E-state index in [0.29, 0.717) is 35.0 Å². The molecule has 2 aromatic carbocycles. The number of nitrogens with one attached hydrogen (secondary N) is 3. The maximum Gasteiger partial charge on any atom is 0.249 e. The second-order valence-electron chi connectivity index (χ2n) is 12.6. The zero-order valence-corrected chi connectivity index (χ0v) is 28.9. The number of ether oxygens (including phenoxy) is 1. The van der Waals surface area contributed by atoms with Crippen LogP contribution in [0.4, 0.5) is 11.5 Å². The van der Waals surface area contributed by atoms with Crippen molar-refractivity contribution in [3.05, 3.63) is 49.1 Å². The molecule has 1 amide bonds. The Morgan fingerprint density at radius 2 is 1.62 bits per heavy atom. The van der Waals surface area contributed by atoms with Crippen LogP contribution in [0, 0.1) is 11.8 Å². The van der Waals surface area contributed by atoms with Crippen LogP contribution < -0.4 is 20.3 Å². The lowest BCUT2D eigenvalue weighted by Gasteiger charge is -2.17. The Morgan fingerprint density at radius 3 is 2.36 bits per heavy atom. The quantitative estimate of drug-likeness (QED) is 0.140. The molecule has 1 aliphatic rings. The maximum atomic E-state index is 13.1. The molecule has 4 aromatic rings. The van der Waals surface area contributed by atoms with E-state index < -0.39 is 16.1 Å². The fourth-order valence-electron chi connectivity index (χ4n) is 6.33. The first-order chi connectivity index (χ1) is 22.6. The highest BCUT2D eigenvalue weighted by atomic mass is 32.2. The molecule has 0 unspecified atom stereocenters. The Morgan fingerprint density at radius 1 is 0.915 bits per heavy atom. The number of hydrogen-bond acceptors (Lipinski definition) is 9. The summed E-state index contributed by atoms with van der Waals surface area (Å²) >= 11 is 0. The number of hydrogen-bond donors (Lipinski definition) is 3. The second kappa shape index (κ2) is 15.4. The van der Waals surface area contributed by atoms with Gasteiger partial charge in [0, 0.05) is 56.1 Å². The van der Waals surface area contributed by atoms with Gasteiger partial charge in [-0.2, -0.15) is 0 Å². The number of fused-ring (bicyclic) bond motifs is 2. The molecule has 3 N–H and O–H groups in total. The molecule has 3 heterocycles. The van der Waals surface area contributed by atoms with Crippen molar-refractivity contribution in [1.29, 1.82) is 0 Å². The third kappa shape index (κ3) is 7.68. The summed E-state index contributed by atoms with van der Waals surface area (Å²) in [7, 11) is 0.301. The van der Waals surface area contributed by atoms with Gasteiger partial charge in [-0.05, 0) is 37.8 Å². The lowest BCUT2D eigenvalue weighted by Crippen LogP contribution is -2.37. The number of sulfonamides is 1. The number of anilines is 2. The highest BCUT2D eigenvalue weighted by molar-refractivity contribution is 7.89. The van der Waals surface area contributed by atoms with Gasteiger partial charge in [0.15, 0.2) is 17.0 Å². The molecule has 1 aliphatic heterocycles. The topological polar surface area (TPSA) is 143 Å². The Labute approximate surface area is 277 Å². The number of carbonyl (C=O) groups is 1. The molecule has 4 atom stereocenters. The molecule has 0 bridgehead atoms. The van der Waals surface area contributed by atoms with Crippen LogP contribution in [0.25, 0.3) is 21.9 Å². The van der Waals surface area contributed by atoms with Crippen LogP contribution in [-0.4, -0.2) is 73.7 Å². The van der Waals surface area contributed by atoms with E-state index in [1.54, 1.807) is 18.5 Å². The lowest BCUT2D eigenvalue weighted by atomic mass is 9.92. The number of carbonyl (C=O) groups excluding carboxylic acids is 1. The van der Waals surface area contributed by atoms with Crippen molar-refractivity contribution in [2.75, 3.05) is 43.9 Å². The predicted molar refractivity (Wildman–Crippen MR) is 186 cm³/mol. The molecular weight excluding hydrogens is 616 g/mol. The number of imidazole rings is 1. The van der Waals surface area contributed by atoms with E-state index in [-0.39, 0.29) is 24.0 Å². The van der Waals surface area contributed by atoms with Gasteiger partial charge in [-0.1, -0.05) is 63.8 Å². The maximum absolute atomic E-state index is 13.1. The van der Waals surface area contributed by atoms with Crippen molar-refractivity contribution in [2.24, 2.45) is 11.8 Å². The van der Waals surface area contributed by atoms with Crippen molar-refractivity contribution < 1.29 is 17.9 Å². The van der Waals surface area contributed by atoms with Gasteiger partial charge in [0.05, 0.1) is 11.2 Å². The van der Waals surface area contributed by atoms with Crippen molar-refractivity contribution >= 4 is 49.4 Å². The summed E-state index contributed by atoms with van der Waals surface area (Å²) in [6.07, 6.45) is 8.30. The predicted octanol–water partition coefficient (Wildman–Crippen LogP) is 5.08. The first-order valence-electron chi connectivity index (χ1n) is 16.7. The SMILES string of the molecule is CCNC(=O)[C@H]1O[C@@H](n2cnc3c(NCCCCCCCCNS(=O)(=O)c4cccc5c(N(C)C)cccc45)ncnc32)[C@H](C)[C@@H]1C. The smallest absolute Gasteiger partial charge is 0.249 e. The molecule has 12 nitrogen and oxygen atoms in total. The monoisotopic (exact) mass is 664 g/mol. The van der Waals surface area contributed by atoms with Gasteiger partial charge in [0.25, 0.3) is 0 Å². The standard InChI is InChI=1S/C34H48N8O4S/c1-6-35-33(43)30-23(2)24(3)34(46-30)42-22-39-29-31(37-21-38-32(29)42)36-19-11-9-7-8-10-12-20-40-47(44,45)28-18-14-15-25-26(28)16-13-17-27(25)41(4)5/h13-18,21-24,30,34,40H,6-12,19-20H2,1-5H3,(H,35,43)(H,36,37,38)/t23-,24+,30-,34+/m0/s1. The van der Waals surface area contributed by atoms with Crippen molar-refractivity contribution in [1.82, 2.24) is 29.6 Å². The Kier molecular flexibility index (Phi) is 11.3. The number of amides is 1. The Balaban J connectivity index is 1.03. The fourth-order valence-corrected chi connectivity index (χ4v) is 7.63. The average molecular weight is 665 g/mol. The molecule has 1 fully saturated rings. The lowest BCUT2D eigenvalue weighted by molar-refractivity contribution is -0.135. The number of likely N-dealkylation sites (N-methyl/N-ethyl adjacent to an activating group) is 1. The number of benzene rings is 2. The average Bonchev–Trinajstić information content (AvgIpc) is 3.61. The van der Waals surface area contributed by atoms with Crippen molar-refractivity contribution in [2.45, 2.75) is 76.5 Å². The molecular formula is C34H48N8O4S. The van der Waals surface area contributed by atoms with Gasteiger partial charge in [0.2, 0.25) is 15.9 Å². The Hall–Kier alpha value is -3.81. The van der Waals surface area contributed by atoms with Gasteiger partial charge in [-0.15, -0.1) is 0 Å². The summed E-state index contributed by atoms with van der Waals surface area (Å²) < 4.78 is 37.2. The van der Waals surface area contributed by atoms with E-state index in [9.17, 15) is 13.2 Å². The van der Waals surface area contributed by atoms with Gasteiger partial charge in [-0.3, -0.25) is 9.36 Å².